The van der Waals surface area contributed by atoms with Crippen LogP contribution in [-0.2, 0) is 7.05 Å². The van der Waals surface area contributed by atoms with Gasteiger partial charge in [0.15, 0.2) is 5.84 Å². The number of fused-ring (bicyclic) bond motifs is 1. The van der Waals surface area contributed by atoms with Gasteiger partial charge < -0.3 is 4.57 Å². The van der Waals surface area contributed by atoms with E-state index in [0.717, 1.165) is 32.0 Å². The molecular weight excluding hydrogens is 404 g/mol. The molecule has 0 aliphatic heterocycles. The molecule has 0 amide bonds. The molecule has 8 heteroatoms. The molecule has 0 saturated heterocycles. The monoisotopic (exact) mass is 422 g/mol. The molecule has 4 rings (SSSR count). The lowest BCUT2D eigenvalue weighted by Gasteiger charge is -2.06. The minimum Gasteiger partial charge on any atom is -0.350 e. The van der Waals surface area contributed by atoms with Crippen LogP contribution >= 0.6 is 22.9 Å². The number of rotatable bonds is 3. The summed E-state index contributed by atoms with van der Waals surface area (Å²) in [5.41, 5.74) is 3.32. The maximum atomic E-state index is 6.50. The molecule has 0 radical (unpaired) electrons. The molecular formula is C21H19ClN6S. The molecule has 0 N–H and O–H groups in total. The number of nitrogens with zero attached hydrogens (tertiary/aromatic N) is 6. The van der Waals surface area contributed by atoms with Crippen LogP contribution in [0.25, 0.3) is 32.0 Å². The van der Waals surface area contributed by atoms with Crippen molar-refractivity contribution in [2.24, 2.45) is 17.0 Å². The number of hydrogen-bond acceptors (Lipinski definition) is 5. The van der Waals surface area contributed by atoms with Gasteiger partial charge in [0.1, 0.15) is 15.9 Å². The predicted molar refractivity (Wildman–Crippen MR) is 123 cm³/mol. The molecule has 0 unspecified atom stereocenters. The first-order valence-corrected chi connectivity index (χ1v) is 9.79. The molecule has 0 aliphatic rings. The first-order chi connectivity index (χ1) is 14.1. The van der Waals surface area contributed by atoms with Gasteiger partial charge in [-0.15, -0.1) is 24.5 Å². The van der Waals surface area contributed by atoms with Gasteiger partial charge >= 0.3 is 0 Å². The summed E-state index contributed by atoms with van der Waals surface area (Å²) in [6.45, 7) is 9.59. The maximum Gasteiger partial charge on any atom is 0.172 e. The second kappa shape index (κ2) is 8.89. The lowest BCUT2D eigenvalue weighted by atomic mass is 10.2. The number of aromatic nitrogens is 4. The summed E-state index contributed by atoms with van der Waals surface area (Å²) < 4.78 is 2.03. The van der Waals surface area contributed by atoms with E-state index >= 15 is 0 Å². The van der Waals surface area contributed by atoms with E-state index in [2.05, 4.69) is 39.8 Å². The van der Waals surface area contributed by atoms with Gasteiger partial charge in [-0.3, -0.25) is 9.98 Å². The maximum absolute atomic E-state index is 6.50. The van der Waals surface area contributed by atoms with Gasteiger partial charge in [-0.2, -0.15) is 0 Å². The van der Waals surface area contributed by atoms with E-state index < -0.39 is 0 Å². The fraction of sp³-hybridized carbons (Fsp3) is 0.0952. The Balaban J connectivity index is 0.00000117. The van der Waals surface area contributed by atoms with Crippen LogP contribution in [0.1, 0.15) is 5.69 Å². The molecule has 0 atom stereocenters. The van der Waals surface area contributed by atoms with Crippen molar-refractivity contribution in [2.45, 2.75) is 0 Å². The Hall–Kier alpha value is -3.16. The van der Waals surface area contributed by atoms with Gasteiger partial charge in [-0.1, -0.05) is 11.6 Å². The highest BCUT2D eigenvalue weighted by Gasteiger charge is 2.19. The molecule has 146 valence electrons. The van der Waals surface area contributed by atoms with Gasteiger partial charge in [0, 0.05) is 43.6 Å². The topological polar surface area (TPSA) is 68.3 Å². The van der Waals surface area contributed by atoms with Crippen LogP contribution in [0.15, 0.2) is 66.0 Å². The van der Waals surface area contributed by atoms with Gasteiger partial charge in [0.2, 0.25) is 0 Å². The Kier molecular flexibility index (Phi) is 6.31. The predicted octanol–water partition coefficient (Wildman–Crippen LogP) is 5.29. The molecule has 0 bridgehead atoms. The number of thiazole rings is 1. The van der Waals surface area contributed by atoms with E-state index in [4.69, 9.17) is 16.6 Å². The second-order valence-corrected chi connectivity index (χ2v) is 7.16. The molecule has 4 aromatic heterocycles. The van der Waals surface area contributed by atoms with E-state index in [1.54, 1.807) is 19.4 Å². The smallest absolute Gasteiger partial charge is 0.172 e. The van der Waals surface area contributed by atoms with Crippen LogP contribution in [0, 0.1) is 0 Å². The van der Waals surface area contributed by atoms with E-state index in [0.29, 0.717) is 16.7 Å². The normalized spacial score (nSPS) is 11.2. The number of halogens is 1. The van der Waals surface area contributed by atoms with Crippen LogP contribution in [-0.4, -0.2) is 39.1 Å². The highest BCUT2D eigenvalue weighted by atomic mass is 35.5. The van der Waals surface area contributed by atoms with E-state index in [1.165, 1.54) is 11.3 Å². The van der Waals surface area contributed by atoms with Crippen molar-refractivity contribution in [3.05, 3.63) is 66.9 Å². The van der Waals surface area contributed by atoms with E-state index in [-0.39, 0.29) is 0 Å². The largest absolute Gasteiger partial charge is 0.350 e. The molecule has 0 aliphatic carbocycles. The minimum atomic E-state index is 0.412. The summed E-state index contributed by atoms with van der Waals surface area (Å²) in [7, 11) is 3.65. The average Bonchev–Trinajstić information content (AvgIpc) is 3.34. The van der Waals surface area contributed by atoms with Gasteiger partial charge in [0.05, 0.1) is 16.1 Å². The highest BCUT2D eigenvalue weighted by Crippen LogP contribution is 2.40. The van der Waals surface area contributed by atoms with Gasteiger partial charge in [-0.25, -0.2) is 15.0 Å². The SMILES string of the molecule is C=C.C=NC(=NC)c1cc2c(ccn2C)c(-c2sc(-c3cccnc3)nc2Cl)n1. The van der Waals surface area contributed by atoms with Crippen LogP contribution in [0.5, 0.6) is 0 Å². The minimum absolute atomic E-state index is 0.412. The van der Waals surface area contributed by atoms with Crippen molar-refractivity contribution in [3.63, 3.8) is 0 Å². The summed E-state index contributed by atoms with van der Waals surface area (Å²) in [5.74, 6) is 0.479. The van der Waals surface area contributed by atoms with Crippen molar-refractivity contribution in [1.29, 1.82) is 0 Å². The summed E-state index contributed by atoms with van der Waals surface area (Å²) in [5, 5.41) is 2.20. The zero-order chi connectivity index (χ0) is 21.0. The van der Waals surface area contributed by atoms with Crippen LogP contribution < -0.4 is 0 Å². The Morgan fingerprint density at radius 1 is 1.24 bits per heavy atom. The number of amidine groups is 1. The Morgan fingerprint density at radius 2 is 2.03 bits per heavy atom. The molecule has 0 spiro atoms. The summed E-state index contributed by atoms with van der Waals surface area (Å²) >= 11 is 7.99. The van der Waals surface area contributed by atoms with Gasteiger partial charge in [-0.05, 0) is 31.0 Å². The van der Waals surface area contributed by atoms with Crippen molar-refractivity contribution in [2.75, 3.05) is 7.05 Å². The summed E-state index contributed by atoms with van der Waals surface area (Å²) in [4.78, 5) is 22.4. The third kappa shape index (κ3) is 3.87. The average molecular weight is 423 g/mol. The fourth-order valence-corrected chi connectivity index (χ4v) is 4.17. The lowest BCUT2D eigenvalue weighted by molar-refractivity contribution is 0.968. The van der Waals surface area contributed by atoms with Crippen molar-refractivity contribution in [1.82, 2.24) is 19.5 Å². The Labute approximate surface area is 178 Å². The zero-order valence-corrected chi connectivity index (χ0v) is 17.7. The molecule has 0 fully saturated rings. The lowest BCUT2D eigenvalue weighted by Crippen LogP contribution is -2.02. The summed E-state index contributed by atoms with van der Waals surface area (Å²) in [6, 6.07) is 7.80. The summed E-state index contributed by atoms with van der Waals surface area (Å²) in [6.07, 6.45) is 5.48. The third-order valence-electron chi connectivity index (χ3n) is 4.18. The quantitative estimate of drug-likeness (QED) is 0.256. The molecule has 6 nitrogen and oxygen atoms in total. The van der Waals surface area contributed by atoms with Crippen molar-refractivity contribution >= 4 is 46.4 Å². The van der Waals surface area contributed by atoms with Crippen LogP contribution in [0.3, 0.4) is 0 Å². The molecule has 0 saturated carbocycles. The van der Waals surface area contributed by atoms with Crippen molar-refractivity contribution < 1.29 is 0 Å². The van der Waals surface area contributed by atoms with Crippen LogP contribution in [0.2, 0.25) is 5.15 Å². The molecule has 29 heavy (non-hydrogen) atoms. The number of hydrogen-bond donors (Lipinski definition) is 0. The Bertz CT molecular complexity index is 1190. The first-order valence-electron chi connectivity index (χ1n) is 8.59. The number of pyridine rings is 2. The van der Waals surface area contributed by atoms with E-state index in [9.17, 15) is 0 Å². The first kappa shape index (κ1) is 20.6. The third-order valence-corrected chi connectivity index (χ3v) is 5.68. The number of aliphatic imine (C=N–C) groups is 2. The zero-order valence-electron chi connectivity index (χ0n) is 16.1. The van der Waals surface area contributed by atoms with Gasteiger partial charge in [0.25, 0.3) is 0 Å². The van der Waals surface area contributed by atoms with Crippen molar-refractivity contribution in [3.8, 4) is 21.1 Å². The number of aryl methyl sites for hydroxylation is 1. The molecule has 4 heterocycles. The molecule has 4 aromatic rings. The van der Waals surface area contributed by atoms with E-state index in [1.807, 2.05) is 42.1 Å². The second-order valence-electron chi connectivity index (χ2n) is 5.80. The highest BCUT2D eigenvalue weighted by molar-refractivity contribution is 7.19. The van der Waals surface area contributed by atoms with Crippen LogP contribution in [0.4, 0.5) is 0 Å². The standard InChI is InChI=1S/C19H15ClN6S.C2H4/c1-21-18(22-2)13-9-14-12(6-8-26(14)3)15(24-13)16-17(20)25-19(27-16)11-5-4-7-23-10-11;1-2/h4-10H,1H2,2-3H3;1-2H2. The Morgan fingerprint density at radius 3 is 2.69 bits per heavy atom. The fourth-order valence-electron chi connectivity index (χ4n) is 2.88. The molecule has 0 aromatic carbocycles.